The summed E-state index contributed by atoms with van der Waals surface area (Å²) in [5.74, 6) is 0.488. The molecule has 1 amide bonds. The van der Waals surface area contributed by atoms with Crippen LogP contribution in [0.4, 0.5) is 5.13 Å². The van der Waals surface area contributed by atoms with Gasteiger partial charge in [-0.25, -0.2) is 4.98 Å². The Labute approximate surface area is 132 Å². The lowest BCUT2D eigenvalue weighted by Gasteiger charge is -2.29. The summed E-state index contributed by atoms with van der Waals surface area (Å²) in [5.41, 5.74) is 5.57. The summed E-state index contributed by atoms with van der Waals surface area (Å²) in [6, 6.07) is 1.93. The first-order valence-corrected chi connectivity index (χ1v) is 8.66. The molecule has 5 nitrogen and oxygen atoms in total. The van der Waals surface area contributed by atoms with E-state index >= 15 is 0 Å². The number of carbonyl (C=O) groups excluding carboxylic acids is 1. The summed E-state index contributed by atoms with van der Waals surface area (Å²) in [4.78, 5) is 20.6. The zero-order valence-corrected chi connectivity index (χ0v) is 14.1. The maximum absolute atomic E-state index is 12.4. The lowest BCUT2D eigenvalue weighted by molar-refractivity contribution is 0.0902. The second-order valence-corrected chi connectivity index (χ2v) is 8.06. The van der Waals surface area contributed by atoms with Gasteiger partial charge in [0, 0.05) is 20.6 Å². The van der Waals surface area contributed by atoms with Crippen LogP contribution in [0.2, 0.25) is 0 Å². The van der Waals surface area contributed by atoms with Gasteiger partial charge in [0.25, 0.3) is 5.91 Å². The van der Waals surface area contributed by atoms with E-state index in [-0.39, 0.29) is 11.4 Å². The molecule has 0 aliphatic heterocycles. The molecule has 0 spiro atoms. The molecule has 7 heteroatoms. The SMILES string of the molecule is CN(C)c1nc2sc(C(=O)NC(C)(CN)C3CC3)cc2s1. The van der Waals surface area contributed by atoms with Gasteiger partial charge in [-0.2, -0.15) is 0 Å². The number of nitrogens with zero attached hydrogens (tertiary/aromatic N) is 2. The van der Waals surface area contributed by atoms with Gasteiger partial charge in [-0.3, -0.25) is 4.79 Å². The number of nitrogens with two attached hydrogens (primary N) is 1. The third kappa shape index (κ3) is 2.77. The first kappa shape index (κ1) is 14.7. The van der Waals surface area contributed by atoms with E-state index in [1.807, 2.05) is 32.0 Å². The molecule has 1 fully saturated rings. The second-order valence-electron chi connectivity index (χ2n) is 6.02. The number of amides is 1. The number of fused-ring (bicyclic) bond motifs is 1. The van der Waals surface area contributed by atoms with Crippen LogP contribution in [0, 0.1) is 5.92 Å². The van der Waals surface area contributed by atoms with Crippen molar-refractivity contribution >= 4 is 43.2 Å². The van der Waals surface area contributed by atoms with Crippen molar-refractivity contribution in [2.75, 3.05) is 25.5 Å². The van der Waals surface area contributed by atoms with Gasteiger partial charge in [0.05, 0.1) is 15.1 Å². The maximum Gasteiger partial charge on any atom is 0.261 e. The van der Waals surface area contributed by atoms with Gasteiger partial charge in [0.2, 0.25) is 0 Å². The highest BCUT2D eigenvalue weighted by Crippen LogP contribution is 2.39. The van der Waals surface area contributed by atoms with E-state index in [9.17, 15) is 4.79 Å². The average molecular weight is 324 g/mol. The van der Waals surface area contributed by atoms with Crippen LogP contribution >= 0.6 is 22.7 Å². The van der Waals surface area contributed by atoms with Gasteiger partial charge in [0.1, 0.15) is 4.83 Å². The standard InChI is InChI=1S/C14H20N4OS2/c1-14(7-15,8-4-5-8)17-11(19)9-6-10-12(20-9)16-13(21-10)18(2)3/h6,8H,4-5,7,15H2,1-3H3,(H,17,19). The highest BCUT2D eigenvalue weighted by molar-refractivity contribution is 7.29. The minimum absolute atomic E-state index is 0.0311. The molecule has 1 atom stereocenters. The fourth-order valence-electron chi connectivity index (χ4n) is 2.39. The first-order chi connectivity index (χ1) is 9.93. The van der Waals surface area contributed by atoms with E-state index < -0.39 is 0 Å². The van der Waals surface area contributed by atoms with Crippen LogP contribution in [0.3, 0.4) is 0 Å². The number of anilines is 1. The van der Waals surface area contributed by atoms with E-state index in [4.69, 9.17) is 5.73 Å². The van der Waals surface area contributed by atoms with Crippen LogP contribution in [0.25, 0.3) is 9.53 Å². The Balaban J connectivity index is 1.79. The molecule has 1 aliphatic carbocycles. The quantitative estimate of drug-likeness (QED) is 0.885. The Morgan fingerprint density at radius 2 is 2.24 bits per heavy atom. The van der Waals surface area contributed by atoms with Gasteiger partial charge >= 0.3 is 0 Å². The number of thiazole rings is 1. The van der Waals surface area contributed by atoms with E-state index in [0.717, 1.165) is 32.4 Å². The molecule has 0 saturated heterocycles. The van der Waals surface area contributed by atoms with Crippen molar-refractivity contribution in [3.63, 3.8) is 0 Å². The lowest BCUT2D eigenvalue weighted by Crippen LogP contribution is -2.53. The Morgan fingerprint density at radius 1 is 1.52 bits per heavy atom. The predicted octanol–water partition coefficient (Wildman–Crippen LogP) is 2.28. The minimum atomic E-state index is -0.281. The van der Waals surface area contributed by atoms with Crippen molar-refractivity contribution in [2.45, 2.75) is 25.3 Å². The first-order valence-electron chi connectivity index (χ1n) is 7.03. The number of hydrogen-bond acceptors (Lipinski definition) is 6. The summed E-state index contributed by atoms with van der Waals surface area (Å²) < 4.78 is 1.06. The van der Waals surface area contributed by atoms with Crippen molar-refractivity contribution in [2.24, 2.45) is 11.7 Å². The van der Waals surface area contributed by atoms with Gasteiger partial charge < -0.3 is 16.0 Å². The topological polar surface area (TPSA) is 71.2 Å². The van der Waals surface area contributed by atoms with E-state index in [1.54, 1.807) is 11.3 Å². The maximum atomic E-state index is 12.4. The molecular weight excluding hydrogens is 304 g/mol. The number of carbonyl (C=O) groups is 1. The smallest absolute Gasteiger partial charge is 0.261 e. The van der Waals surface area contributed by atoms with Crippen LogP contribution in [-0.2, 0) is 0 Å². The normalized spacial score (nSPS) is 17.7. The molecule has 114 valence electrons. The molecule has 3 rings (SSSR count). The summed E-state index contributed by atoms with van der Waals surface area (Å²) in [6.07, 6.45) is 2.31. The fraction of sp³-hybridized carbons (Fsp3) is 0.571. The molecule has 0 bridgehead atoms. The molecule has 21 heavy (non-hydrogen) atoms. The molecule has 0 aromatic carbocycles. The molecule has 1 unspecified atom stereocenters. The third-order valence-electron chi connectivity index (χ3n) is 3.99. The van der Waals surface area contributed by atoms with E-state index in [0.29, 0.717) is 12.5 Å². The average Bonchev–Trinajstić information content (AvgIpc) is 3.09. The van der Waals surface area contributed by atoms with Crippen LogP contribution in [0.1, 0.15) is 29.4 Å². The Kier molecular flexibility index (Phi) is 3.67. The van der Waals surface area contributed by atoms with Crippen LogP contribution in [0.5, 0.6) is 0 Å². The monoisotopic (exact) mass is 324 g/mol. The molecule has 1 saturated carbocycles. The van der Waals surface area contributed by atoms with Crippen LogP contribution in [-0.4, -0.2) is 37.1 Å². The minimum Gasteiger partial charge on any atom is -0.354 e. The van der Waals surface area contributed by atoms with Gasteiger partial charge in [-0.05, 0) is 31.7 Å². The van der Waals surface area contributed by atoms with Crippen molar-refractivity contribution < 1.29 is 4.79 Å². The number of hydrogen-bond donors (Lipinski definition) is 2. The molecule has 0 radical (unpaired) electrons. The molecule has 2 heterocycles. The summed E-state index contributed by atoms with van der Waals surface area (Å²) in [5, 5.41) is 4.09. The number of aromatic nitrogens is 1. The molecule has 2 aromatic heterocycles. The summed E-state index contributed by atoms with van der Waals surface area (Å²) >= 11 is 3.05. The van der Waals surface area contributed by atoms with Crippen molar-refractivity contribution in [1.82, 2.24) is 10.3 Å². The van der Waals surface area contributed by atoms with Crippen molar-refractivity contribution in [3.05, 3.63) is 10.9 Å². The largest absolute Gasteiger partial charge is 0.354 e. The Bertz CT molecular complexity index is 642. The van der Waals surface area contributed by atoms with Gasteiger partial charge in [-0.1, -0.05) is 11.3 Å². The lowest BCUT2D eigenvalue weighted by atomic mass is 9.96. The molecular formula is C14H20N4OS2. The highest BCUT2D eigenvalue weighted by atomic mass is 32.1. The number of thiophene rings is 1. The highest BCUT2D eigenvalue weighted by Gasteiger charge is 2.41. The zero-order chi connectivity index (χ0) is 15.2. The summed E-state index contributed by atoms with van der Waals surface area (Å²) in [7, 11) is 3.94. The van der Waals surface area contributed by atoms with Crippen molar-refractivity contribution in [3.8, 4) is 0 Å². The Hall–Kier alpha value is -1.18. The predicted molar refractivity (Wildman–Crippen MR) is 89.5 cm³/mol. The molecule has 3 N–H and O–H groups in total. The van der Waals surface area contributed by atoms with E-state index in [2.05, 4.69) is 10.3 Å². The Morgan fingerprint density at radius 3 is 2.76 bits per heavy atom. The zero-order valence-electron chi connectivity index (χ0n) is 12.5. The van der Waals surface area contributed by atoms with Gasteiger partial charge in [-0.15, -0.1) is 11.3 Å². The fourth-order valence-corrected chi connectivity index (χ4v) is 4.42. The molecule has 2 aromatic rings. The molecule has 1 aliphatic rings. The van der Waals surface area contributed by atoms with Crippen LogP contribution in [0.15, 0.2) is 6.07 Å². The number of rotatable bonds is 5. The third-order valence-corrected chi connectivity index (χ3v) is 6.31. The van der Waals surface area contributed by atoms with Crippen LogP contribution < -0.4 is 16.0 Å². The number of nitrogens with one attached hydrogen (secondary N) is 1. The van der Waals surface area contributed by atoms with E-state index in [1.165, 1.54) is 11.3 Å². The van der Waals surface area contributed by atoms with Crippen molar-refractivity contribution in [1.29, 1.82) is 0 Å². The summed E-state index contributed by atoms with van der Waals surface area (Å²) in [6.45, 7) is 2.52. The van der Waals surface area contributed by atoms with Gasteiger partial charge in [0.15, 0.2) is 5.13 Å². The second kappa shape index (κ2) is 5.23.